The third-order valence-corrected chi connectivity index (χ3v) is 2.63. The molecule has 1 aromatic rings. The third kappa shape index (κ3) is 3.37. The average Bonchev–Trinajstić information content (AvgIpc) is 2.09. The summed E-state index contributed by atoms with van der Waals surface area (Å²) < 4.78 is 1.02. The Morgan fingerprint density at radius 1 is 1.15 bits per heavy atom. The zero-order chi connectivity index (χ0) is 9.90. The number of rotatable bonds is 3. The molecule has 0 aliphatic carbocycles. The molecular weight excluding hydrogens is 182 g/mol. The first-order chi connectivity index (χ1) is 6.03. The lowest BCUT2D eigenvalue weighted by Gasteiger charge is -2.28. The fraction of sp³-hybridized carbons (Fsp3) is 0.455. The largest absolute Gasteiger partial charge is 0.325 e. The molecule has 0 radical (unpaired) electrons. The molecule has 0 amide bonds. The van der Waals surface area contributed by atoms with Gasteiger partial charge in [0.1, 0.15) is 6.54 Å². The van der Waals surface area contributed by atoms with Crippen molar-refractivity contribution < 1.29 is 4.48 Å². The summed E-state index contributed by atoms with van der Waals surface area (Å²) >= 11 is 5.81. The number of quaternary nitrogens is 1. The predicted octanol–water partition coefficient (Wildman–Crippen LogP) is 2.94. The van der Waals surface area contributed by atoms with Crippen LogP contribution in [0.4, 0.5) is 0 Å². The second-order valence-electron chi connectivity index (χ2n) is 4.04. The second kappa shape index (κ2) is 4.12. The minimum atomic E-state index is 0.811. The van der Waals surface area contributed by atoms with Gasteiger partial charge in [0, 0.05) is 10.6 Å². The van der Waals surface area contributed by atoms with Crippen LogP contribution >= 0.6 is 11.6 Å². The number of hydrogen-bond acceptors (Lipinski definition) is 0. The number of hydrogen-bond donors (Lipinski definition) is 0. The first-order valence-corrected chi connectivity index (χ1v) is 4.98. The van der Waals surface area contributed by atoms with Gasteiger partial charge in [-0.25, -0.2) is 0 Å². The number of benzene rings is 1. The second-order valence-corrected chi connectivity index (χ2v) is 4.47. The van der Waals surface area contributed by atoms with Gasteiger partial charge in [-0.05, 0) is 19.1 Å². The van der Waals surface area contributed by atoms with Crippen LogP contribution in [0.2, 0.25) is 5.02 Å². The van der Waals surface area contributed by atoms with Gasteiger partial charge < -0.3 is 4.48 Å². The topological polar surface area (TPSA) is 0 Å². The van der Waals surface area contributed by atoms with Crippen LogP contribution in [-0.2, 0) is 6.54 Å². The Bertz CT molecular complexity index is 264. The molecule has 1 aromatic carbocycles. The monoisotopic (exact) mass is 198 g/mol. The molecule has 0 aliphatic heterocycles. The van der Waals surface area contributed by atoms with E-state index in [4.69, 9.17) is 11.6 Å². The van der Waals surface area contributed by atoms with Crippen molar-refractivity contribution in [2.75, 3.05) is 20.6 Å². The lowest BCUT2D eigenvalue weighted by molar-refractivity contribution is -0.901. The summed E-state index contributed by atoms with van der Waals surface area (Å²) in [6, 6.07) is 8.09. The first-order valence-electron chi connectivity index (χ1n) is 4.60. The van der Waals surface area contributed by atoms with Crippen LogP contribution in [0, 0.1) is 0 Å². The third-order valence-electron chi connectivity index (χ3n) is 2.38. The SMILES string of the molecule is CC[N+](C)(C)Cc1ccc(Cl)cc1. The van der Waals surface area contributed by atoms with Crippen LogP contribution in [0.1, 0.15) is 12.5 Å². The fourth-order valence-corrected chi connectivity index (χ4v) is 1.32. The predicted molar refractivity (Wildman–Crippen MR) is 57.8 cm³/mol. The highest BCUT2D eigenvalue weighted by molar-refractivity contribution is 6.30. The smallest absolute Gasteiger partial charge is 0.104 e. The van der Waals surface area contributed by atoms with Crippen LogP contribution < -0.4 is 0 Å². The fourth-order valence-electron chi connectivity index (χ4n) is 1.20. The van der Waals surface area contributed by atoms with E-state index in [1.165, 1.54) is 5.56 Å². The summed E-state index contributed by atoms with van der Waals surface area (Å²) in [5, 5.41) is 0.811. The van der Waals surface area contributed by atoms with Gasteiger partial charge in [-0.2, -0.15) is 0 Å². The molecule has 13 heavy (non-hydrogen) atoms. The van der Waals surface area contributed by atoms with Gasteiger partial charge in [0.2, 0.25) is 0 Å². The van der Waals surface area contributed by atoms with Crippen LogP contribution in [0.25, 0.3) is 0 Å². The summed E-state index contributed by atoms with van der Waals surface area (Å²) in [6.45, 7) is 4.41. The van der Waals surface area contributed by atoms with E-state index in [2.05, 4.69) is 33.2 Å². The molecule has 0 unspecified atom stereocenters. The van der Waals surface area contributed by atoms with E-state index < -0.39 is 0 Å². The van der Waals surface area contributed by atoms with E-state index in [-0.39, 0.29) is 0 Å². The van der Waals surface area contributed by atoms with Crippen molar-refractivity contribution >= 4 is 11.6 Å². The standard InChI is InChI=1S/C11H17ClN/c1-4-13(2,3)9-10-5-7-11(12)8-6-10/h5-8H,4,9H2,1-3H3/q+1. The molecule has 72 valence electrons. The molecule has 2 heteroatoms. The molecule has 0 spiro atoms. The Kier molecular flexibility index (Phi) is 3.34. The summed E-state index contributed by atoms with van der Waals surface area (Å²) in [7, 11) is 4.46. The Labute approximate surface area is 85.5 Å². The minimum Gasteiger partial charge on any atom is -0.325 e. The molecule has 0 aromatic heterocycles. The van der Waals surface area contributed by atoms with Crippen LogP contribution in [-0.4, -0.2) is 25.1 Å². The summed E-state index contributed by atoms with van der Waals surface area (Å²) in [4.78, 5) is 0. The molecule has 1 rings (SSSR count). The van der Waals surface area contributed by atoms with Crippen LogP contribution in [0.3, 0.4) is 0 Å². The van der Waals surface area contributed by atoms with E-state index in [0.717, 1.165) is 22.6 Å². The summed E-state index contributed by atoms with van der Waals surface area (Å²) in [5.41, 5.74) is 1.34. The van der Waals surface area contributed by atoms with Gasteiger partial charge >= 0.3 is 0 Å². The first kappa shape index (κ1) is 10.6. The molecule has 0 saturated heterocycles. The zero-order valence-corrected chi connectivity index (χ0v) is 9.30. The summed E-state index contributed by atoms with van der Waals surface area (Å²) in [5.74, 6) is 0. The van der Waals surface area contributed by atoms with Crippen molar-refractivity contribution in [2.24, 2.45) is 0 Å². The highest BCUT2D eigenvalue weighted by Crippen LogP contribution is 2.13. The maximum absolute atomic E-state index is 5.81. The quantitative estimate of drug-likeness (QED) is 0.656. The minimum absolute atomic E-state index is 0.811. The molecular formula is C11H17ClN+. The van der Waals surface area contributed by atoms with E-state index in [1.807, 2.05) is 12.1 Å². The molecule has 0 aliphatic rings. The Morgan fingerprint density at radius 2 is 1.69 bits per heavy atom. The van der Waals surface area contributed by atoms with E-state index >= 15 is 0 Å². The lowest BCUT2D eigenvalue weighted by Crippen LogP contribution is -2.38. The van der Waals surface area contributed by atoms with E-state index in [1.54, 1.807) is 0 Å². The zero-order valence-electron chi connectivity index (χ0n) is 8.55. The van der Waals surface area contributed by atoms with Crippen LogP contribution in [0.5, 0.6) is 0 Å². The molecule has 0 atom stereocenters. The van der Waals surface area contributed by atoms with E-state index in [9.17, 15) is 0 Å². The van der Waals surface area contributed by atoms with Crippen molar-refractivity contribution in [1.82, 2.24) is 0 Å². The molecule has 0 bridgehead atoms. The van der Waals surface area contributed by atoms with Crippen molar-refractivity contribution in [3.8, 4) is 0 Å². The number of halogens is 1. The van der Waals surface area contributed by atoms with Gasteiger partial charge in [-0.1, -0.05) is 23.7 Å². The van der Waals surface area contributed by atoms with Gasteiger partial charge in [-0.15, -0.1) is 0 Å². The van der Waals surface area contributed by atoms with Crippen molar-refractivity contribution in [2.45, 2.75) is 13.5 Å². The maximum atomic E-state index is 5.81. The van der Waals surface area contributed by atoms with Crippen molar-refractivity contribution in [3.63, 3.8) is 0 Å². The Morgan fingerprint density at radius 3 is 2.15 bits per heavy atom. The molecule has 1 nitrogen and oxygen atoms in total. The van der Waals surface area contributed by atoms with Gasteiger partial charge in [0.15, 0.2) is 0 Å². The molecule has 0 saturated carbocycles. The van der Waals surface area contributed by atoms with Crippen molar-refractivity contribution in [1.29, 1.82) is 0 Å². The highest BCUT2D eigenvalue weighted by atomic mass is 35.5. The van der Waals surface area contributed by atoms with E-state index in [0.29, 0.717) is 0 Å². The van der Waals surface area contributed by atoms with Crippen LogP contribution in [0.15, 0.2) is 24.3 Å². The van der Waals surface area contributed by atoms with Crippen molar-refractivity contribution in [3.05, 3.63) is 34.9 Å². The average molecular weight is 199 g/mol. The molecule has 0 heterocycles. The lowest BCUT2D eigenvalue weighted by atomic mass is 10.2. The van der Waals surface area contributed by atoms with Gasteiger partial charge in [-0.3, -0.25) is 0 Å². The van der Waals surface area contributed by atoms with Gasteiger partial charge in [0.05, 0.1) is 20.6 Å². The Hall–Kier alpha value is -0.530. The molecule has 0 N–H and O–H groups in total. The number of nitrogens with zero attached hydrogens (tertiary/aromatic N) is 1. The molecule has 0 fully saturated rings. The highest BCUT2D eigenvalue weighted by Gasteiger charge is 2.11. The maximum Gasteiger partial charge on any atom is 0.104 e. The summed E-state index contributed by atoms with van der Waals surface area (Å²) in [6.07, 6.45) is 0. The normalized spacial score (nSPS) is 11.7. The van der Waals surface area contributed by atoms with Gasteiger partial charge in [0.25, 0.3) is 0 Å². The Balaban J connectivity index is 2.69.